The van der Waals surface area contributed by atoms with Crippen LogP contribution in [0.2, 0.25) is 0 Å². The normalized spacial score (nSPS) is 14.7. The lowest BCUT2D eigenvalue weighted by molar-refractivity contribution is -0.145. The van der Waals surface area contributed by atoms with E-state index in [2.05, 4.69) is 4.98 Å². The molecule has 2 aromatic carbocycles. The van der Waals surface area contributed by atoms with Gasteiger partial charge in [0.15, 0.2) is 6.10 Å². The van der Waals surface area contributed by atoms with E-state index in [1.165, 1.54) is 11.8 Å². The van der Waals surface area contributed by atoms with E-state index < -0.39 is 12.1 Å². The summed E-state index contributed by atoms with van der Waals surface area (Å²) in [6.07, 6.45) is 0.796. The molecule has 0 bridgehead atoms. The van der Waals surface area contributed by atoms with E-state index in [-0.39, 0.29) is 31.3 Å². The third kappa shape index (κ3) is 3.71. The number of rotatable bonds is 5. The summed E-state index contributed by atoms with van der Waals surface area (Å²) >= 11 is 0. The number of hydrogen-bond acceptors (Lipinski definition) is 5. The number of amides is 1. The predicted octanol–water partition coefficient (Wildman–Crippen LogP) is 3.10. The number of nitrogens with zero attached hydrogens (tertiary/aromatic N) is 1. The summed E-state index contributed by atoms with van der Waals surface area (Å²) in [5.41, 5.74) is 1.81. The van der Waals surface area contributed by atoms with Gasteiger partial charge in [0.2, 0.25) is 11.7 Å². The molecule has 4 rings (SSSR count). The van der Waals surface area contributed by atoms with Crippen LogP contribution >= 0.6 is 0 Å². The molecule has 1 aliphatic heterocycles. The number of fused-ring (bicyclic) bond motifs is 2. The van der Waals surface area contributed by atoms with Gasteiger partial charge in [0.1, 0.15) is 12.3 Å². The number of ketones is 1. The molecule has 0 radical (unpaired) electrons. The van der Waals surface area contributed by atoms with Crippen molar-refractivity contribution in [3.8, 4) is 5.75 Å². The molecule has 1 atom stereocenters. The number of Topliss-reactive ketones (excluding diaryl/α,β-unsaturated/α-hetero) is 1. The van der Waals surface area contributed by atoms with Crippen molar-refractivity contribution < 1.29 is 23.9 Å². The summed E-state index contributed by atoms with van der Waals surface area (Å²) in [5, 5.41) is 0.772. The SMILES string of the molecule is C[C@H](OC(=O)CN1C(=O)CCOc2ccccc21)C(=O)c1c[nH]c2ccccc12. The summed E-state index contributed by atoms with van der Waals surface area (Å²) in [4.78, 5) is 42.1. The van der Waals surface area contributed by atoms with Crippen molar-refractivity contribution in [2.45, 2.75) is 19.4 Å². The minimum atomic E-state index is -0.977. The van der Waals surface area contributed by atoms with Gasteiger partial charge in [-0.2, -0.15) is 0 Å². The zero-order valence-corrected chi connectivity index (χ0v) is 15.9. The summed E-state index contributed by atoms with van der Waals surface area (Å²) in [5.74, 6) is -0.658. The van der Waals surface area contributed by atoms with Gasteiger partial charge >= 0.3 is 5.97 Å². The van der Waals surface area contributed by atoms with Gasteiger partial charge in [-0.15, -0.1) is 0 Å². The van der Waals surface area contributed by atoms with Crippen molar-refractivity contribution in [2.24, 2.45) is 0 Å². The predicted molar refractivity (Wildman–Crippen MR) is 107 cm³/mol. The fourth-order valence-corrected chi connectivity index (χ4v) is 3.40. The molecule has 1 aliphatic rings. The number of aromatic amines is 1. The largest absolute Gasteiger partial charge is 0.491 e. The Hall–Kier alpha value is -3.61. The Morgan fingerprint density at radius 3 is 2.79 bits per heavy atom. The average molecular weight is 392 g/mol. The van der Waals surface area contributed by atoms with E-state index >= 15 is 0 Å². The first-order valence-corrected chi connectivity index (χ1v) is 9.36. The smallest absolute Gasteiger partial charge is 0.326 e. The van der Waals surface area contributed by atoms with Gasteiger partial charge in [-0.3, -0.25) is 19.3 Å². The fourth-order valence-electron chi connectivity index (χ4n) is 3.40. The van der Waals surface area contributed by atoms with Crippen LogP contribution in [-0.2, 0) is 14.3 Å². The number of para-hydroxylation sites is 3. The molecule has 0 aliphatic carbocycles. The van der Waals surface area contributed by atoms with E-state index in [4.69, 9.17) is 9.47 Å². The lowest BCUT2D eigenvalue weighted by Gasteiger charge is -2.21. The van der Waals surface area contributed by atoms with Gasteiger partial charge in [0.05, 0.1) is 18.7 Å². The zero-order chi connectivity index (χ0) is 20.4. The van der Waals surface area contributed by atoms with Gasteiger partial charge in [0, 0.05) is 22.7 Å². The number of aromatic nitrogens is 1. The number of H-pyrrole nitrogens is 1. The number of anilines is 1. The summed E-state index contributed by atoms with van der Waals surface area (Å²) < 4.78 is 10.9. The molecule has 1 N–H and O–H groups in total. The highest BCUT2D eigenvalue weighted by Crippen LogP contribution is 2.31. The fraction of sp³-hybridized carbons (Fsp3) is 0.227. The molecule has 148 valence electrons. The van der Waals surface area contributed by atoms with Crippen molar-refractivity contribution in [1.29, 1.82) is 0 Å². The van der Waals surface area contributed by atoms with E-state index in [1.807, 2.05) is 24.3 Å². The Kier molecular flexibility index (Phi) is 5.03. The molecule has 7 nitrogen and oxygen atoms in total. The summed E-state index contributed by atoms with van der Waals surface area (Å²) in [7, 11) is 0. The second-order valence-corrected chi connectivity index (χ2v) is 6.79. The van der Waals surface area contributed by atoms with E-state index in [1.54, 1.807) is 30.5 Å². The Bertz CT molecular complexity index is 1090. The highest BCUT2D eigenvalue weighted by molar-refractivity contribution is 6.10. The van der Waals surface area contributed by atoms with Gasteiger partial charge in [-0.05, 0) is 25.1 Å². The second kappa shape index (κ2) is 7.79. The van der Waals surface area contributed by atoms with E-state index in [0.717, 1.165) is 10.9 Å². The molecule has 29 heavy (non-hydrogen) atoms. The first kappa shape index (κ1) is 18.7. The number of nitrogens with one attached hydrogen (secondary N) is 1. The number of esters is 1. The van der Waals surface area contributed by atoms with Crippen molar-refractivity contribution in [3.05, 3.63) is 60.3 Å². The molecule has 0 spiro atoms. The third-order valence-electron chi connectivity index (χ3n) is 4.85. The molecule has 0 unspecified atom stereocenters. The van der Waals surface area contributed by atoms with Crippen molar-refractivity contribution in [3.63, 3.8) is 0 Å². The van der Waals surface area contributed by atoms with Crippen LogP contribution < -0.4 is 9.64 Å². The Labute approximate surface area is 167 Å². The van der Waals surface area contributed by atoms with E-state index in [9.17, 15) is 14.4 Å². The van der Waals surface area contributed by atoms with Crippen molar-refractivity contribution in [1.82, 2.24) is 4.98 Å². The molecule has 1 amide bonds. The van der Waals surface area contributed by atoms with Gasteiger partial charge in [-0.1, -0.05) is 30.3 Å². The van der Waals surface area contributed by atoms with Crippen LogP contribution in [0.5, 0.6) is 5.75 Å². The topological polar surface area (TPSA) is 88.7 Å². The number of carbonyl (C=O) groups excluding carboxylic acids is 3. The maximum atomic E-state index is 12.8. The third-order valence-corrected chi connectivity index (χ3v) is 4.85. The Morgan fingerprint density at radius 1 is 1.17 bits per heavy atom. The van der Waals surface area contributed by atoms with Gasteiger partial charge in [-0.25, -0.2) is 0 Å². The van der Waals surface area contributed by atoms with Gasteiger partial charge < -0.3 is 14.5 Å². The lowest BCUT2D eigenvalue weighted by Crippen LogP contribution is -2.38. The quantitative estimate of drug-likeness (QED) is 0.532. The molecule has 0 fully saturated rings. The maximum absolute atomic E-state index is 12.8. The average Bonchev–Trinajstić information content (AvgIpc) is 3.09. The standard InChI is InChI=1S/C22H20N2O5/c1-14(22(27)16-12-23-17-7-3-2-6-15(16)17)29-21(26)13-24-18-8-4-5-9-19(18)28-11-10-20(24)25/h2-9,12,14,23H,10-11,13H2,1H3/t14-/m0/s1. The Morgan fingerprint density at radius 2 is 1.93 bits per heavy atom. The molecule has 7 heteroatoms. The van der Waals surface area contributed by atoms with Crippen LogP contribution in [0.4, 0.5) is 5.69 Å². The monoisotopic (exact) mass is 392 g/mol. The molecule has 0 saturated carbocycles. The molecule has 2 heterocycles. The van der Waals surface area contributed by atoms with Crippen LogP contribution in [0.15, 0.2) is 54.7 Å². The lowest BCUT2D eigenvalue weighted by atomic mass is 10.1. The molecule has 0 saturated heterocycles. The molecule has 3 aromatic rings. The number of carbonyl (C=O) groups is 3. The highest BCUT2D eigenvalue weighted by atomic mass is 16.5. The molecule has 1 aromatic heterocycles. The summed E-state index contributed by atoms with van der Waals surface area (Å²) in [6, 6.07) is 14.4. The number of hydrogen-bond donors (Lipinski definition) is 1. The van der Waals surface area contributed by atoms with Crippen LogP contribution in [0, 0.1) is 0 Å². The van der Waals surface area contributed by atoms with Crippen molar-refractivity contribution >= 4 is 34.3 Å². The Balaban J connectivity index is 1.48. The minimum absolute atomic E-state index is 0.159. The van der Waals surface area contributed by atoms with Crippen LogP contribution in [0.3, 0.4) is 0 Å². The molecular formula is C22H20N2O5. The second-order valence-electron chi connectivity index (χ2n) is 6.79. The van der Waals surface area contributed by atoms with Crippen LogP contribution in [0.25, 0.3) is 10.9 Å². The van der Waals surface area contributed by atoms with Crippen LogP contribution in [0.1, 0.15) is 23.7 Å². The molecular weight excluding hydrogens is 372 g/mol. The number of benzene rings is 2. The van der Waals surface area contributed by atoms with Crippen molar-refractivity contribution in [2.75, 3.05) is 18.1 Å². The zero-order valence-electron chi connectivity index (χ0n) is 15.9. The van der Waals surface area contributed by atoms with Gasteiger partial charge in [0.25, 0.3) is 0 Å². The van der Waals surface area contributed by atoms with Crippen LogP contribution in [-0.4, -0.2) is 41.9 Å². The minimum Gasteiger partial charge on any atom is -0.491 e. The first-order valence-electron chi connectivity index (χ1n) is 9.36. The summed E-state index contributed by atoms with van der Waals surface area (Å²) in [6.45, 7) is 1.49. The van der Waals surface area contributed by atoms with E-state index in [0.29, 0.717) is 17.0 Å². The number of ether oxygens (including phenoxy) is 2. The first-order chi connectivity index (χ1) is 14.0. The maximum Gasteiger partial charge on any atom is 0.326 e. The highest BCUT2D eigenvalue weighted by Gasteiger charge is 2.28.